The molecule has 0 saturated carbocycles. The molecule has 2 aliphatic heterocycles. The third-order valence-electron chi connectivity index (χ3n) is 6.12. The summed E-state index contributed by atoms with van der Waals surface area (Å²) in [5.74, 6) is -0.668. The van der Waals surface area contributed by atoms with Gasteiger partial charge in [-0.3, -0.25) is 14.6 Å². The maximum Gasteiger partial charge on any atom is 0.258 e. The van der Waals surface area contributed by atoms with Gasteiger partial charge in [-0.15, -0.1) is 0 Å². The van der Waals surface area contributed by atoms with Crippen molar-refractivity contribution in [3.05, 3.63) is 59.2 Å². The number of ether oxygens (including phenoxy) is 1. The largest absolute Gasteiger partial charge is 0.365 e. The molecule has 3 heterocycles. The van der Waals surface area contributed by atoms with Gasteiger partial charge in [0.25, 0.3) is 11.8 Å². The Morgan fingerprint density at radius 1 is 1.16 bits per heavy atom. The van der Waals surface area contributed by atoms with Crippen molar-refractivity contribution in [2.75, 3.05) is 18.1 Å². The van der Waals surface area contributed by atoms with Gasteiger partial charge < -0.3 is 15.0 Å². The van der Waals surface area contributed by atoms with E-state index in [-0.39, 0.29) is 23.7 Å². The Labute approximate surface area is 181 Å². The number of aromatic nitrogens is 1. The number of carbonyl (C=O) groups is 2. The number of hydrogen-bond donors (Lipinski definition) is 1. The highest BCUT2D eigenvalue weighted by molar-refractivity contribution is 6.00. The molecule has 2 aromatic rings. The topological polar surface area (TPSA) is 71.5 Å². The molecule has 164 valence electrons. The van der Waals surface area contributed by atoms with E-state index in [1.54, 1.807) is 0 Å². The molecule has 1 unspecified atom stereocenters. The Morgan fingerprint density at radius 3 is 2.65 bits per heavy atom. The predicted octanol–water partition coefficient (Wildman–Crippen LogP) is 3.95. The Balaban J connectivity index is 1.50. The molecule has 1 N–H and O–H groups in total. The first kappa shape index (κ1) is 21.4. The van der Waals surface area contributed by atoms with Crippen molar-refractivity contribution in [1.82, 2.24) is 10.3 Å². The van der Waals surface area contributed by atoms with Gasteiger partial charge in [-0.25, -0.2) is 4.39 Å². The minimum Gasteiger partial charge on any atom is -0.365 e. The van der Waals surface area contributed by atoms with Crippen LogP contribution in [0.25, 0.3) is 0 Å². The number of pyridine rings is 1. The average Bonchev–Trinajstić information content (AvgIpc) is 2.78. The van der Waals surface area contributed by atoms with Crippen LogP contribution in [0.5, 0.6) is 0 Å². The van der Waals surface area contributed by atoms with Crippen molar-refractivity contribution in [2.24, 2.45) is 0 Å². The van der Waals surface area contributed by atoms with E-state index in [9.17, 15) is 14.0 Å². The number of carbonyl (C=O) groups excluding carboxylic acids is 2. The number of aryl methyl sites for hydroxylation is 1. The van der Waals surface area contributed by atoms with Crippen molar-refractivity contribution in [1.29, 1.82) is 0 Å². The van der Waals surface area contributed by atoms with Crippen molar-refractivity contribution in [3.8, 4) is 0 Å². The predicted molar refractivity (Wildman–Crippen MR) is 115 cm³/mol. The number of halogens is 1. The van der Waals surface area contributed by atoms with Crippen LogP contribution in [0.2, 0.25) is 0 Å². The molecule has 0 aliphatic carbocycles. The van der Waals surface area contributed by atoms with E-state index in [4.69, 9.17) is 9.72 Å². The van der Waals surface area contributed by atoms with Crippen LogP contribution in [0.1, 0.15) is 67.3 Å². The lowest BCUT2D eigenvalue weighted by molar-refractivity contribution is -0.147. The van der Waals surface area contributed by atoms with Crippen LogP contribution in [-0.4, -0.2) is 35.6 Å². The third kappa shape index (κ3) is 4.46. The summed E-state index contributed by atoms with van der Waals surface area (Å²) in [6.07, 6.45) is 4.33. The van der Waals surface area contributed by atoms with Gasteiger partial charge in [-0.1, -0.05) is 0 Å². The smallest absolute Gasteiger partial charge is 0.258 e. The summed E-state index contributed by atoms with van der Waals surface area (Å²) in [4.78, 5) is 32.3. The summed E-state index contributed by atoms with van der Waals surface area (Å²) in [6, 6.07) is 8.88. The molecule has 0 radical (unpaired) electrons. The van der Waals surface area contributed by atoms with Gasteiger partial charge in [0.2, 0.25) is 0 Å². The third-order valence-corrected chi connectivity index (χ3v) is 6.12. The molecule has 31 heavy (non-hydrogen) atoms. The summed E-state index contributed by atoms with van der Waals surface area (Å²) in [7, 11) is 0. The lowest BCUT2D eigenvalue weighted by Gasteiger charge is -2.39. The summed E-state index contributed by atoms with van der Waals surface area (Å²) < 4.78 is 19.0. The molecule has 7 heteroatoms. The molecule has 2 atom stereocenters. The number of nitrogens with one attached hydrogen (secondary N) is 1. The molecule has 4 rings (SSSR count). The van der Waals surface area contributed by atoms with Crippen molar-refractivity contribution in [3.63, 3.8) is 0 Å². The molecule has 0 bridgehead atoms. The fourth-order valence-electron chi connectivity index (χ4n) is 4.26. The van der Waals surface area contributed by atoms with Crippen LogP contribution in [0.15, 0.2) is 36.4 Å². The highest BCUT2D eigenvalue weighted by Crippen LogP contribution is 2.33. The minimum absolute atomic E-state index is 0.000334. The zero-order valence-corrected chi connectivity index (χ0v) is 18.0. The van der Waals surface area contributed by atoms with E-state index in [2.05, 4.69) is 5.32 Å². The zero-order valence-electron chi connectivity index (χ0n) is 18.0. The normalized spacial score (nSPS) is 21.8. The van der Waals surface area contributed by atoms with Gasteiger partial charge >= 0.3 is 0 Å². The lowest BCUT2D eigenvalue weighted by atomic mass is 9.93. The van der Waals surface area contributed by atoms with Crippen LogP contribution in [-0.2, 0) is 16.0 Å². The standard InChI is InChI=1S/C24H28FN3O3/c1-16(26-22(29)17-7-9-18(25)10-8-17)19-11-12-21-20(27-19)6-5-14-28(21)23(30)24(2)13-3-4-15-31-24/h7-12,16H,3-6,13-15H2,1-2H3,(H,26,29)/t16?,24-/m0/s1. The van der Waals surface area contributed by atoms with Crippen molar-refractivity contribution >= 4 is 17.5 Å². The molecular weight excluding hydrogens is 397 g/mol. The number of nitrogens with zero attached hydrogens (tertiary/aromatic N) is 2. The van der Waals surface area contributed by atoms with E-state index >= 15 is 0 Å². The molecule has 1 fully saturated rings. The highest BCUT2D eigenvalue weighted by Gasteiger charge is 2.41. The number of benzene rings is 1. The van der Waals surface area contributed by atoms with Gasteiger partial charge in [0, 0.05) is 18.7 Å². The number of hydrogen-bond acceptors (Lipinski definition) is 4. The second-order valence-electron chi connectivity index (χ2n) is 8.50. The summed E-state index contributed by atoms with van der Waals surface area (Å²) in [5.41, 5.74) is 2.03. The Morgan fingerprint density at radius 2 is 1.94 bits per heavy atom. The summed E-state index contributed by atoms with van der Waals surface area (Å²) in [6.45, 7) is 5.02. The summed E-state index contributed by atoms with van der Waals surface area (Å²) in [5, 5.41) is 2.91. The number of rotatable bonds is 4. The number of amides is 2. The van der Waals surface area contributed by atoms with Gasteiger partial charge in [0.15, 0.2) is 0 Å². The minimum atomic E-state index is -0.776. The quantitative estimate of drug-likeness (QED) is 0.805. The second kappa shape index (κ2) is 8.75. The number of fused-ring (bicyclic) bond motifs is 1. The van der Waals surface area contributed by atoms with Gasteiger partial charge in [0.05, 0.1) is 23.1 Å². The van der Waals surface area contributed by atoms with E-state index < -0.39 is 5.60 Å². The Hall–Kier alpha value is -2.80. The fourth-order valence-corrected chi connectivity index (χ4v) is 4.26. The second-order valence-corrected chi connectivity index (χ2v) is 8.50. The lowest BCUT2D eigenvalue weighted by Crippen LogP contribution is -2.52. The van der Waals surface area contributed by atoms with Crippen LogP contribution in [0.4, 0.5) is 10.1 Å². The molecule has 2 amide bonds. The first-order valence-corrected chi connectivity index (χ1v) is 10.9. The van der Waals surface area contributed by atoms with Crippen LogP contribution < -0.4 is 10.2 Å². The van der Waals surface area contributed by atoms with Crippen LogP contribution >= 0.6 is 0 Å². The van der Waals surface area contributed by atoms with Gasteiger partial charge in [-0.05, 0) is 82.3 Å². The molecule has 1 saturated heterocycles. The molecule has 1 aromatic heterocycles. The first-order chi connectivity index (χ1) is 14.9. The highest BCUT2D eigenvalue weighted by atomic mass is 19.1. The molecule has 1 aromatic carbocycles. The molecular formula is C24H28FN3O3. The molecule has 0 spiro atoms. The SMILES string of the molecule is CC(NC(=O)c1ccc(F)cc1)c1ccc2c(n1)CCCN2C(=O)[C@]1(C)CCCCO1. The van der Waals surface area contributed by atoms with Crippen LogP contribution in [0.3, 0.4) is 0 Å². The maximum atomic E-state index is 13.3. The molecule has 2 aliphatic rings. The Kier molecular flexibility index (Phi) is 6.05. The molecule has 6 nitrogen and oxygen atoms in total. The summed E-state index contributed by atoms with van der Waals surface area (Å²) >= 11 is 0. The van der Waals surface area contributed by atoms with Gasteiger partial charge in [0.1, 0.15) is 11.4 Å². The van der Waals surface area contributed by atoms with E-state index in [1.807, 2.05) is 30.9 Å². The monoisotopic (exact) mass is 425 g/mol. The number of anilines is 1. The van der Waals surface area contributed by atoms with Gasteiger partial charge in [-0.2, -0.15) is 0 Å². The first-order valence-electron chi connectivity index (χ1n) is 10.9. The Bertz CT molecular complexity index is 971. The van der Waals surface area contributed by atoms with E-state index in [1.165, 1.54) is 24.3 Å². The van der Waals surface area contributed by atoms with Crippen LogP contribution in [0, 0.1) is 5.82 Å². The van der Waals surface area contributed by atoms with E-state index in [0.717, 1.165) is 49.2 Å². The maximum absolute atomic E-state index is 13.3. The van der Waals surface area contributed by atoms with Crippen molar-refractivity contribution in [2.45, 2.75) is 57.6 Å². The zero-order chi connectivity index (χ0) is 22.0. The van der Waals surface area contributed by atoms with Crippen molar-refractivity contribution < 1.29 is 18.7 Å². The fraction of sp³-hybridized carbons (Fsp3) is 0.458. The average molecular weight is 426 g/mol. The van der Waals surface area contributed by atoms with E-state index in [0.29, 0.717) is 18.7 Å².